The zero-order chi connectivity index (χ0) is 3.41. The number of allylic oxidation sites excluding steroid dienone is 1. The summed E-state index contributed by atoms with van der Waals surface area (Å²) in [5.41, 5.74) is 0. The maximum atomic E-state index is 7.51. The van der Waals surface area contributed by atoms with Gasteiger partial charge in [0.15, 0.2) is 0 Å². The van der Waals surface area contributed by atoms with Crippen molar-refractivity contribution in [2.45, 2.75) is 0 Å². The number of nitriles is 1. The summed E-state index contributed by atoms with van der Waals surface area (Å²) in [5.74, 6) is 0. The van der Waals surface area contributed by atoms with Crippen LogP contribution in [0.25, 0.3) is 0 Å². The molecule has 5 heavy (non-hydrogen) atoms. The van der Waals surface area contributed by atoms with Gasteiger partial charge in [0.25, 0.3) is 0 Å². The molecular formula is C3H5CaN. The number of rotatable bonds is 0. The predicted molar refractivity (Wildman–Crippen MR) is 23.8 cm³/mol. The average Bonchev–Trinajstić information content (AvgIpc) is 1.37. The largest absolute Gasteiger partial charge is 2.00 e. The van der Waals surface area contributed by atoms with Crippen molar-refractivity contribution in [2.75, 3.05) is 0 Å². The summed E-state index contributed by atoms with van der Waals surface area (Å²) in [5, 5.41) is 7.51. The fourth-order valence-electron chi connectivity index (χ4n) is 0. The summed E-state index contributed by atoms with van der Waals surface area (Å²) >= 11 is 0. The molecule has 1 nitrogen and oxygen atoms in total. The summed E-state index contributed by atoms with van der Waals surface area (Å²) in [7, 11) is 0. The molecular weight excluding hydrogens is 90.1 g/mol. The number of nitrogens with zero attached hydrogens (tertiary/aromatic N) is 1. The molecule has 0 radical (unpaired) electrons. The van der Waals surface area contributed by atoms with E-state index < -0.39 is 0 Å². The van der Waals surface area contributed by atoms with E-state index in [0.29, 0.717) is 0 Å². The summed E-state index contributed by atoms with van der Waals surface area (Å²) < 4.78 is 0. The molecule has 0 aliphatic heterocycles. The second-order valence-corrected chi connectivity index (χ2v) is 0.333. The van der Waals surface area contributed by atoms with E-state index >= 15 is 0 Å². The molecule has 0 aliphatic carbocycles. The van der Waals surface area contributed by atoms with Crippen LogP contribution >= 0.6 is 0 Å². The van der Waals surface area contributed by atoms with Gasteiger partial charge in [0.05, 0.1) is 6.07 Å². The predicted octanol–water partition coefficient (Wildman–Crippen LogP) is 0.540. The maximum Gasteiger partial charge on any atom is 2.00 e. The third-order valence-electron chi connectivity index (χ3n) is 0.0913. The first-order valence-corrected chi connectivity index (χ1v) is 0.921. The second-order valence-electron chi connectivity index (χ2n) is 0.333. The van der Waals surface area contributed by atoms with Gasteiger partial charge >= 0.3 is 37.7 Å². The molecule has 0 saturated carbocycles. The summed E-state index contributed by atoms with van der Waals surface area (Å²) in [6.07, 6.45) is 1.18. The van der Waals surface area contributed by atoms with Gasteiger partial charge in [0.2, 0.25) is 0 Å². The molecule has 0 fully saturated rings. The SMILES string of the molecule is C=CC#N.[Ca+2].[H-].[H-]. The molecule has 0 aromatic carbocycles. The van der Waals surface area contributed by atoms with E-state index in [1.807, 2.05) is 0 Å². The van der Waals surface area contributed by atoms with Crippen molar-refractivity contribution in [3.63, 3.8) is 0 Å². The van der Waals surface area contributed by atoms with Gasteiger partial charge in [-0.05, 0) is 0 Å². The average molecular weight is 95.2 g/mol. The molecule has 0 aromatic heterocycles. The normalized spacial score (nSPS) is 3.00. The first-order chi connectivity index (χ1) is 1.91. The summed E-state index contributed by atoms with van der Waals surface area (Å²) in [4.78, 5) is 0. The van der Waals surface area contributed by atoms with Crippen LogP contribution in [0.1, 0.15) is 2.85 Å². The van der Waals surface area contributed by atoms with Crippen LogP contribution < -0.4 is 0 Å². The molecule has 0 N–H and O–H groups in total. The van der Waals surface area contributed by atoms with E-state index in [9.17, 15) is 0 Å². The number of hydrogen-bond donors (Lipinski definition) is 0. The Morgan fingerprint density at radius 2 is 2.20 bits per heavy atom. The smallest absolute Gasteiger partial charge is 1.00 e. The molecule has 0 unspecified atom stereocenters. The van der Waals surface area contributed by atoms with E-state index in [-0.39, 0.29) is 40.6 Å². The second kappa shape index (κ2) is 8.82. The van der Waals surface area contributed by atoms with Crippen LogP contribution in [0.4, 0.5) is 0 Å². The maximum absolute atomic E-state index is 7.51. The van der Waals surface area contributed by atoms with Crippen molar-refractivity contribution >= 4 is 37.7 Å². The van der Waals surface area contributed by atoms with Crippen LogP contribution in [-0.2, 0) is 0 Å². The van der Waals surface area contributed by atoms with Crippen molar-refractivity contribution in [1.29, 1.82) is 5.26 Å². The van der Waals surface area contributed by atoms with Gasteiger partial charge in [-0.25, -0.2) is 0 Å². The van der Waals surface area contributed by atoms with Gasteiger partial charge in [0.1, 0.15) is 0 Å². The van der Waals surface area contributed by atoms with Gasteiger partial charge in [0, 0.05) is 6.08 Å². The van der Waals surface area contributed by atoms with E-state index in [2.05, 4.69) is 6.58 Å². The Kier molecular flexibility index (Phi) is 16.0. The number of hydrogen-bond acceptors (Lipinski definition) is 1. The molecule has 0 bridgehead atoms. The molecule has 0 aromatic rings. The molecule has 0 heterocycles. The quantitative estimate of drug-likeness (QED) is 0.318. The Morgan fingerprint density at radius 1 is 2.00 bits per heavy atom. The van der Waals surface area contributed by atoms with Crippen LogP contribution in [0, 0.1) is 11.3 Å². The first kappa shape index (κ1) is 9.09. The zero-order valence-corrected chi connectivity index (χ0v) is 5.15. The molecule has 0 saturated heterocycles. The third kappa shape index (κ3) is 12.5. The summed E-state index contributed by atoms with van der Waals surface area (Å²) in [6, 6.07) is 1.69. The van der Waals surface area contributed by atoms with Crippen molar-refractivity contribution in [1.82, 2.24) is 0 Å². The minimum absolute atomic E-state index is 0. The van der Waals surface area contributed by atoms with E-state index in [1.54, 1.807) is 6.07 Å². The van der Waals surface area contributed by atoms with Crippen LogP contribution in [0.3, 0.4) is 0 Å². The summed E-state index contributed by atoms with van der Waals surface area (Å²) in [6.45, 7) is 3.12. The Bertz CT molecular complexity index is 58.4. The van der Waals surface area contributed by atoms with E-state index in [4.69, 9.17) is 5.26 Å². The van der Waals surface area contributed by atoms with Crippen LogP contribution in [0.5, 0.6) is 0 Å². The topological polar surface area (TPSA) is 23.8 Å². The van der Waals surface area contributed by atoms with Gasteiger partial charge in [-0.3, -0.25) is 0 Å². The van der Waals surface area contributed by atoms with Crippen LogP contribution in [-0.4, -0.2) is 37.7 Å². The van der Waals surface area contributed by atoms with Gasteiger partial charge in [-0.1, -0.05) is 6.58 Å². The molecule has 0 atom stereocenters. The van der Waals surface area contributed by atoms with E-state index in [1.165, 1.54) is 6.08 Å². The standard InChI is InChI=1S/C3H3N.Ca.2H/c1-2-3-4;;;/h2H,1H2;;;/q;+2;2*-1. The molecule has 0 aliphatic rings. The van der Waals surface area contributed by atoms with Crippen molar-refractivity contribution in [3.8, 4) is 6.07 Å². The fourth-order valence-corrected chi connectivity index (χ4v) is 0. The molecule has 0 spiro atoms. The van der Waals surface area contributed by atoms with Gasteiger partial charge in [-0.15, -0.1) is 0 Å². The van der Waals surface area contributed by atoms with Crippen molar-refractivity contribution in [2.24, 2.45) is 0 Å². The minimum Gasteiger partial charge on any atom is -1.00 e. The molecule has 24 valence electrons. The Morgan fingerprint density at radius 3 is 2.20 bits per heavy atom. The Hall–Kier alpha value is 0.490. The molecule has 2 heteroatoms. The Balaban J connectivity index is -0.0000000150. The van der Waals surface area contributed by atoms with Gasteiger partial charge < -0.3 is 2.85 Å². The third-order valence-corrected chi connectivity index (χ3v) is 0.0913. The van der Waals surface area contributed by atoms with Crippen LogP contribution in [0.15, 0.2) is 12.7 Å². The van der Waals surface area contributed by atoms with Gasteiger partial charge in [-0.2, -0.15) is 5.26 Å². The van der Waals surface area contributed by atoms with Crippen LogP contribution in [0.2, 0.25) is 0 Å². The van der Waals surface area contributed by atoms with Crippen molar-refractivity contribution < 1.29 is 2.85 Å². The van der Waals surface area contributed by atoms with E-state index in [0.717, 1.165) is 0 Å². The monoisotopic (exact) mass is 95.0 g/mol. The fraction of sp³-hybridized carbons (Fsp3) is 0. The minimum atomic E-state index is 0. The molecule has 0 rings (SSSR count). The van der Waals surface area contributed by atoms with Crippen molar-refractivity contribution in [3.05, 3.63) is 12.7 Å². The Labute approximate surface area is 64.3 Å². The molecule has 0 amide bonds. The zero-order valence-electron chi connectivity index (χ0n) is 4.94. The first-order valence-electron chi connectivity index (χ1n) is 0.921.